The van der Waals surface area contributed by atoms with Crippen molar-refractivity contribution < 1.29 is 68.4 Å². The first-order valence-corrected chi connectivity index (χ1v) is 21.8. The van der Waals surface area contributed by atoms with Gasteiger partial charge in [0.2, 0.25) is 0 Å². The molecule has 2 amide bonds. The number of ketones is 1. The molecule has 11 N–H and O–H groups in total. The van der Waals surface area contributed by atoms with Crippen LogP contribution in [0.1, 0.15) is 106 Å². The lowest BCUT2D eigenvalue weighted by molar-refractivity contribution is -0.369. The fourth-order valence-electron chi connectivity index (χ4n) is 13.8. The van der Waals surface area contributed by atoms with Crippen LogP contribution in [0.15, 0.2) is 11.6 Å². The molecule has 6 fully saturated rings. The first kappa shape index (κ1) is 46.4. The number of nitrogens with one attached hydrogen (secondary N) is 2. The fraction of sp³-hybridized carbons (Fsp3) is 0.860. The third kappa shape index (κ3) is 6.93. The maximum absolute atomic E-state index is 15.0. The number of fused-ring (bicyclic) bond motifs is 7. The molecule has 5 aliphatic carbocycles. The minimum atomic E-state index is -1.95. The van der Waals surface area contributed by atoms with E-state index in [9.17, 15) is 44.7 Å². The fourth-order valence-corrected chi connectivity index (χ4v) is 13.8. The first-order valence-electron chi connectivity index (χ1n) is 21.8. The molecule has 2 saturated heterocycles. The van der Waals surface area contributed by atoms with Crippen LogP contribution in [0.3, 0.4) is 0 Å². The zero-order valence-electron chi connectivity index (χ0n) is 36.6. The molecule has 7 aliphatic rings. The molecule has 0 aromatic carbocycles. The maximum atomic E-state index is 15.0. The predicted molar refractivity (Wildman–Crippen MR) is 213 cm³/mol. The van der Waals surface area contributed by atoms with Crippen LogP contribution in [-0.2, 0) is 42.9 Å². The number of allylic oxidation sites excluding steroid dienone is 2. The number of amides is 2. The second-order valence-electron chi connectivity index (χ2n) is 21.2. The van der Waals surface area contributed by atoms with Gasteiger partial charge in [0, 0.05) is 5.92 Å². The summed E-state index contributed by atoms with van der Waals surface area (Å²) in [5.74, 6) is 8.27. The van der Waals surface area contributed by atoms with Crippen LogP contribution in [0.25, 0.3) is 0 Å². The van der Waals surface area contributed by atoms with Gasteiger partial charge in [-0.25, -0.2) is 11.7 Å². The quantitative estimate of drug-likeness (QED) is 0.0541. The standard InChI is InChI=1S/C43H68N4O14/c1-38(2)22-9-12-43(7)32(21(48)17-19-20-18-40(4,37(56)57-8)14-13-39(20,3)15-16-42(19,43)6)41(22,5)11-10-23(38)58-36-31(27(52)26(51)30(60-36)34(55)47-45)61-35-28(53)24(49)25(50)29(59-35)33(54)46-44/h17,20,22-32,35-36,49-53H,9-16,18,44-45H2,1-8H3,(H,46,54)(H,47,55)/t20-,22-,23-,24-,25-,26-,27-,28+,29-,30-,31+,32+,35-,36-,39+,40-,41-,42+,43+/m0/s1. The molecule has 0 bridgehead atoms. The van der Waals surface area contributed by atoms with E-state index in [1.165, 1.54) is 12.7 Å². The predicted octanol–water partition coefficient (Wildman–Crippen LogP) is 0.145. The molecular weight excluding hydrogens is 796 g/mol. The molecule has 7 rings (SSSR count). The summed E-state index contributed by atoms with van der Waals surface area (Å²) in [6, 6.07) is 0. The summed E-state index contributed by atoms with van der Waals surface area (Å²) in [6.07, 6.45) is -10.2. The molecule has 2 aliphatic heterocycles. The molecule has 18 heteroatoms. The van der Waals surface area contributed by atoms with Gasteiger partial charge in [0.05, 0.1) is 18.6 Å². The van der Waals surface area contributed by atoms with E-state index in [4.69, 9.17) is 35.4 Å². The Balaban J connectivity index is 1.18. The van der Waals surface area contributed by atoms with E-state index in [0.29, 0.717) is 19.3 Å². The highest BCUT2D eigenvalue weighted by atomic mass is 16.8. The van der Waals surface area contributed by atoms with Crippen LogP contribution in [0.5, 0.6) is 0 Å². The van der Waals surface area contributed by atoms with Crippen LogP contribution >= 0.6 is 0 Å². The van der Waals surface area contributed by atoms with Gasteiger partial charge in [-0.15, -0.1) is 0 Å². The van der Waals surface area contributed by atoms with Crippen LogP contribution in [0.2, 0.25) is 0 Å². The number of hydrogen-bond donors (Lipinski definition) is 9. The van der Waals surface area contributed by atoms with Gasteiger partial charge in [-0.2, -0.15) is 0 Å². The normalized spacial score (nSPS) is 50.4. The molecule has 19 atom stereocenters. The summed E-state index contributed by atoms with van der Waals surface area (Å²) in [7, 11) is 1.44. The van der Waals surface area contributed by atoms with E-state index in [1.807, 2.05) is 23.9 Å². The molecule has 0 radical (unpaired) electrons. The zero-order chi connectivity index (χ0) is 45.0. The first-order chi connectivity index (χ1) is 28.4. The number of ether oxygens (including phenoxy) is 5. The monoisotopic (exact) mass is 864 g/mol. The number of hydrazine groups is 2. The number of methoxy groups -OCH3 is 1. The Hall–Kier alpha value is -2.62. The summed E-state index contributed by atoms with van der Waals surface area (Å²) in [6.45, 7) is 15.3. The molecule has 18 nitrogen and oxygen atoms in total. The Bertz CT molecular complexity index is 1800. The summed E-state index contributed by atoms with van der Waals surface area (Å²) in [5, 5.41) is 54.4. The minimum absolute atomic E-state index is 0.0276. The number of rotatable bonds is 7. The lowest BCUT2D eigenvalue weighted by Crippen LogP contribution is -2.68. The second-order valence-corrected chi connectivity index (χ2v) is 21.2. The number of carbonyl (C=O) groups is 4. The lowest BCUT2D eigenvalue weighted by Gasteiger charge is -2.70. The summed E-state index contributed by atoms with van der Waals surface area (Å²) < 4.78 is 29.5. The maximum Gasteiger partial charge on any atom is 0.311 e. The number of aliphatic hydroxyl groups excluding tert-OH is 5. The molecular formula is C43H68N4O14. The Labute approximate surface area is 356 Å². The third-order valence-electron chi connectivity index (χ3n) is 17.7. The number of esters is 1. The van der Waals surface area contributed by atoms with E-state index in [2.05, 4.69) is 41.5 Å². The molecule has 2 heterocycles. The van der Waals surface area contributed by atoms with Gasteiger partial charge in [-0.05, 0) is 110 Å². The smallest absolute Gasteiger partial charge is 0.311 e. The summed E-state index contributed by atoms with van der Waals surface area (Å²) in [4.78, 5) is 53.3. The average Bonchev–Trinajstić information content (AvgIpc) is 3.21. The van der Waals surface area contributed by atoms with Gasteiger partial charge < -0.3 is 49.2 Å². The molecule has 0 aromatic rings. The molecule has 4 saturated carbocycles. The molecule has 344 valence electrons. The van der Waals surface area contributed by atoms with Gasteiger partial charge in [-0.3, -0.25) is 30.0 Å². The van der Waals surface area contributed by atoms with Crippen molar-refractivity contribution in [3.05, 3.63) is 11.6 Å². The number of nitrogens with two attached hydrogens (primary N) is 2. The molecule has 0 unspecified atom stereocenters. The van der Waals surface area contributed by atoms with Crippen LogP contribution in [-0.4, -0.2) is 124 Å². The van der Waals surface area contributed by atoms with Crippen molar-refractivity contribution in [2.45, 2.75) is 174 Å². The Morgan fingerprint density at radius 2 is 1.33 bits per heavy atom. The van der Waals surface area contributed by atoms with Crippen LogP contribution in [0.4, 0.5) is 0 Å². The third-order valence-corrected chi connectivity index (χ3v) is 17.7. The van der Waals surface area contributed by atoms with Crippen molar-refractivity contribution in [2.24, 2.45) is 61.9 Å². The van der Waals surface area contributed by atoms with Crippen LogP contribution < -0.4 is 22.5 Å². The minimum Gasteiger partial charge on any atom is -0.469 e. The highest BCUT2D eigenvalue weighted by Gasteiger charge is 2.71. The van der Waals surface area contributed by atoms with Crippen molar-refractivity contribution in [1.82, 2.24) is 10.9 Å². The highest BCUT2D eigenvalue weighted by Crippen LogP contribution is 2.75. The van der Waals surface area contributed by atoms with Gasteiger partial charge >= 0.3 is 5.97 Å². The summed E-state index contributed by atoms with van der Waals surface area (Å²) in [5.41, 5.74) is 2.47. The summed E-state index contributed by atoms with van der Waals surface area (Å²) >= 11 is 0. The largest absolute Gasteiger partial charge is 0.469 e. The Morgan fingerprint density at radius 1 is 0.738 bits per heavy atom. The van der Waals surface area contributed by atoms with E-state index in [-0.39, 0.29) is 45.8 Å². The van der Waals surface area contributed by atoms with Crippen LogP contribution in [0, 0.1) is 50.2 Å². The van der Waals surface area contributed by atoms with Crippen molar-refractivity contribution >= 4 is 23.6 Å². The van der Waals surface area contributed by atoms with Gasteiger partial charge in [-0.1, -0.05) is 47.1 Å². The second kappa shape index (κ2) is 15.8. The number of aliphatic hydroxyl groups is 5. The zero-order valence-corrected chi connectivity index (χ0v) is 36.6. The Morgan fingerprint density at radius 3 is 1.93 bits per heavy atom. The molecule has 0 spiro atoms. The number of carbonyl (C=O) groups excluding carboxylic acids is 4. The SMILES string of the molecule is COC(=O)[C@@]1(C)CC[C@]2(C)CC[C@]3(C)C(=CC(=O)[C@@H]4[C@@]5(C)CC[C@H](O[C@H]6O[C@H](C(=O)NN)[C@@H](O)[C@H](O)[C@H]6O[C@@H]6O[C@H](C(=O)NN)[C@@H](O)[C@H](O)[C@H]6O)C(C)(C)[C@@H]5CC[C@]43C)[C@@H]2C1. The van der Waals surface area contributed by atoms with Crippen molar-refractivity contribution in [3.8, 4) is 0 Å². The van der Waals surface area contributed by atoms with Gasteiger partial charge in [0.1, 0.15) is 36.6 Å². The van der Waals surface area contributed by atoms with Crippen molar-refractivity contribution in [3.63, 3.8) is 0 Å². The Kier molecular flexibility index (Phi) is 12.0. The van der Waals surface area contributed by atoms with Crippen molar-refractivity contribution in [1.29, 1.82) is 0 Å². The molecule has 0 aromatic heterocycles. The van der Waals surface area contributed by atoms with E-state index in [0.717, 1.165) is 38.5 Å². The highest BCUT2D eigenvalue weighted by molar-refractivity contribution is 5.95. The number of hydrogen-bond acceptors (Lipinski definition) is 16. The topological polar surface area (TPSA) is 292 Å². The average molecular weight is 865 g/mol. The van der Waals surface area contributed by atoms with Gasteiger partial charge in [0.25, 0.3) is 11.8 Å². The lowest BCUT2D eigenvalue weighted by atomic mass is 9.33. The van der Waals surface area contributed by atoms with Crippen molar-refractivity contribution in [2.75, 3.05) is 7.11 Å². The van der Waals surface area contributed by atoms with Gasteiger partial charge in [0.15, 0.2) is 30.6 Å². The van der Waals surface area contributed by atoms with E-state index in [1.54, 1.807) is 0 Å². The van der Waals surface area contributed by atoms with E-state index >= 15 is 0 Å². The molecule has 61 heavy (non-hydrogen) atoms. The van der Waals surface area contributed by atoms with E-state index < -0.39 is 95.6 Å².